The number of Topliss-reactive ketones (excluding diaryl/α,β-unsaturated/α-hetero) is 1. The minimum Gasteiger partial charge on any atom is -0.374 e. The van der Waals surface area contributed by atoms with Crippen molar-refractivity contribution in [1.29, 1.82) is 0 Å². The Hall–Kier alpha value is -1.16. The molecule has 0 aromatic carbocycles. The highest BCUT2D eigenvalue weighted by molar-refractivity contribution is 5.79. The number of hydrogen-bond donors (Lipinski definition) is 0. The Morgan fingerprint density at radius 1 is 1.64 bits per heavy atom. The van der Waals surface area contributed by atoms with E-state index in [2.05, 4.69) is 5.10 Å². The van der Waals surface area contributed by atoms with Gasteiger partial charge in [-0.1, -0.05) is 0 Å². The summed E-state index contributed by atoms with van der Waals surface area (Å²) in [4.78, 5) is 11.2. The molecule has 1 rings (SSSR count). The average Bonchev–Trinajstić information content (AvgIpc) is 2.58. The smallest absolute Gasteiger partial charge is 0.158 e. The van der Waals surface area contributed by atoms with Crippen molar-refractivity contribution in [3.63, 3.8) is 0 Å². The van der Waals surface area contributed by atoms with Crippen LogP contribution in [0.15, 0.2) is 12.4 Å². The number of carbonyl (C=O) groups is 1. The third-order valence-corrected chi connectivity index (χ3v) is 1.92. The van der Waals surface area contributed by atoms with Gasteiger partial charge in [-0.15, -0.1) is 0 Å². The van der Waals surface area contributed by atoms with Crippen LogP contribution in [0, 0.1) is 0 Å². The fraction of sp³-hybridized carbons (Fsp3) is 0.600. The molecule has 0 aliphatic carbocycles. The molecule has 1 aromatic heterocycles. The van der Waals surface area contributed by atoms with Crippen molar-refractivity contribution in [3.8, 4) is 0 Å². The molecule has 0 saturated heterocycles. The summed E-state index contributed by atoms with van der Waals surface area (Å²) in [7, 11) is 1.87. The molecule has 0 bridgehead atoms. The standard InChI is InChI=1S/C10H16N2O2/c1-3-14-8-10(13)5-4-9-6-11-12(2)7-9/h6-7H,3-5,8H2,1-2H3. The molecule has 0 aliphatic rings. The van der Waals surface area contributed by atoms with Crippen molar-refractivity contribution in [3.05, 3.63) is 18.0 Å². The maximum Gasteiger partial charge on any atom is 0.158 e. The molecule has 0 N–H and O–H groups in total. The number of aryl methyl sites for hydroxylation is 2. The minimum atomic E-state index is 0.149. The summed E-state index contributed by atoms with van der Waals surface area (Å²) in [5.41, 5.74) is 1.09. The van der Waals surface area contributed by atoms with Crippen molar-refractivity contribution >= 4 is 5.78 Å². The number of hydrogen-bond acceptors (Lipinski definition) is 3. The monoisotopic (exact) mass is 196 g/mol. The van der Waals surface area contributed by atoms with Gasteiger partial charge in [-0.2, -0.15) is 5.10 Å². The normalized spacial score (nSPS) is 10.4. The summed E-state index contributed by atoms with van der Waals surface area (Å²) in [5.74, 6) is 0.149. The molecule has 0 aliphatic heterocycles. The third-order valence-electron chi connectivity index (χ3n) is 1.92. The van der Waals surface area contributed by atoms with Gasteiger partial charge in [-0.05, 0) is 18.9 Å². The summed E-state index contributed by atoms with van der Waals surface area (Å²) in [6.45, 7) is 2.71. The molecule has 78 valence electrons. The summed E-state index contributed by atoms with van der Waals surface area (Å²) in [6.07, 6.45) is 4.99. The molecule has 1 heterocycles. The Morgan fingerprint density at radius 2 is 2.43 bits per heavy atom. The van der Waals surface area contributed by atoms with E-state index in [1.807, 2.05) is 20.2 Å². The van der Waals surface area contributed by atoms with Gasteiger partial charge in [0.05, 0.1) is 6.20 Å². The molecule has 4 heteroatoms. The fourth-order valence-corrected chi connectivity index (χ4v) is 1.17. The van der Waals surface area contributed by atoms with E-state index >= 15 is 0 Å². The van der Waals surface area contributed by atoms with Gasteiger partial charge >= 0.3 is 0 Å². The van der Waals surface area contributed by atoms with Gasteiger partial charge in [-0.25, -0.2) is 0 Å². The molecule has 1 aromatic rings. The van der Waals surface area contributed by atoms with E-state index in [1.54, 1.807) is 10.9 Å². The zero-order valence-electron chi connectivity index (χ0n) is 8.69. The van der Waals surface area contributed by atoms with Crippen molar-refractivity contribution in [2.45, 2.75) is 19.8 Å². The second-order valence-corrected chi connectivity index (χ2v) is 3.20. The molecule has 0 atom stereocenters. The fourth-order valence-electron chi connectivity index (χ4n) is 1.17. The Kier molecular flexibility index (Phi) is 4.32. The molecule has 0 fully saturated rings. The predicted octanol–water partition coefficient (Wildman–Crippen LogP) is 0.958. The molecule has 0 unspecified atom stereocenters. The number of aromatic nitrogens is 2. The van der Waals surface area contributed by atoms with E-state index in [0.29, 0.717) is 13.0 Å². The number of ketones is 1. The Labute approximate surface area is 83.9 Å². The summed E-state index contributed by atoms with van der Waals surface area (Å²) < 4.78 is 6.76. The number of carbonyl (C=O) groups excluding carboxylic acids is 1. The largest absolute Gasteiger partial charge is 0.374 e. The average molecular weight is 196 g/mol. The van der Waals surface area contributed by atoms with Crippen molar-refractivity contribution < 1.29 is 9.53 Å². The minimum absolute atomic E-state index is 0.149. The van der Waals surface area contributed by atoms with Crippen molar-refractivity contribution in [2.24, 2.45) is 7.05 Å². The highest BCUT2D eigenvalue weighted by atomic mass is 16.5. The van der Waals surface area contributed by atoms with E-state index in [0.717, 1.165) is 12.0 Å². The zero-order chi connectivity index (χ0) is 10.4. The zero-order valence-corrected chi connectivity index (χ0v) is 8.69. The highest BCUT2D eigenvalue weighted by Crippen LogP contribution is 2.01. The van der Waals surface area contributed by atoms with Crippen LogP contribution < -0.4 is 0 Å². The van der Waals surface area contributed by atoms with Crippen LogP contribution in [-0.2, 0) is 23.0 Å². The molecular weight excluding hydrogens is 180 g/mol. The second kappa shape index (κ2) is 5.54. The first kappa shape index (κ1) is 10.9. The maximum absolute atomic E-state index is 11.2. The summed E-state index contributed by atoms with van der Waals surface area (Å²) in [6, 6.07) is 0. The molecule has 14 heavy (non-hydrogen) atoms. The molecular formula is C10H16N2O2. The summed E-state index contributed by atoms with van der Waals surface area (Å²) >= 11 is 0. The first-order valence-corrected chi connectivity index (χ1v) is 4.79. The Morgan fingerprint density at radius 3 is 3.00 bits per heavy atom. The van der Waals surface area contributed by atoms with Gasteiger partial charge in [0.1, 0.15) is 6.61 Å². The quantitative estimate of drug-likeness (QED) is 0.680. The van der Waals surface area contributed by atoms with E-state index in [9.17, 15) is 4.79 Å². The van der Waals surface area contributed by atoms with Crippen molar-refractivity contribution in [2.75, 3.05) is 13.2 Å². The van der Waals surface area contributed by atoms with Crippen LogP contribution in [-0.4, -0.2) is 28.8 Å². The molecule has 0 saturated carbocycles. The Balaban J connectivity index is 2.23. The van der Waals surface area contributed by atoms with Crippen LogP contribution in [0.5, 0.6) is 0 Å². The number of ether oxygens (including phenoxy) is 1. The van der Waals surface area contributed by atoms with Gasteiger partial charge in [0, 0.05) is 26.3 Å². The van der Waals surface area contributed by atoms with Crippen LogP contribution in [0.1, 0.15) is 18.9 Å². The second-order valence-electron chi connectivity index (χ2n) is 3.20. The van der Waals surface area contributed by atoms with Gasteiger partial charge in [0.2, 0.25) is 0 Å². The molecule has 0 radical (unpaired) electrons. The number of rotatable bonds is 6. The highest BCUT2D eigenvalue weighted by Gasteiger charge is 2.03. The van der Waals surface area contributed by atoms with Crippen molar-refractivity contribution in [1.82, 2.24) is 9.78 Å². The van der Waals surface area contributed by atoms with Crippen LogP contribution in [0.2, 0.25) is 0 Å². The lowest BCUT2D eigenvalue weighted by molar-refractivity contribution is -0.123. The van der Waals surface area contributed by atoms with E-state index in [4.69, 9.17) is 4.74 Å². The SMILES string of the molecule is CCOCC(=O)CCc1cnn(C)c1. The van der Waals surface area contributed by atoms with Crippen LogP contribution in [0.25, 0.3) is 0 Å². The molecule has 0 spiro atoms. The lowest BCUT2D eigenvalue weighted by Crippen LogP contribution is -2.09. The Bertz CT molecular complexity index is 294. The predicted molar refractivity (Wildman–Crippen MR) is 53.0 cm³/mol. The maximum atomic E-state index is 11.2. The first-order valence-electron chi connectivity index (χ1n) is 4.79. The summed E-state index contributed by atoms with van der Waals surface area (Å²) in [5, 5.41) is 4.03. The van der Waals surface area contributed by atoms with Gasteiger partial charge in [0.15, 0.2) is 5.78 Å². The van der Waals surface area contributed by atoms with E-state index in [-0.39, 0.29) is 12.4 Å². The number of nitrogens with zero attached hydrogens (tertiary/aromatic N) is 2. The lowest BCUT2D eigenvalue weighted by atomic mass is 10.1. The first-order chi connectivity index (χ1) is 6.72. The lowest BCUT2D eigenvalue weighted by Gasteiger charge is -1.99. The van der Waals surface area contributed by atoms with Gasteiger partial charge in [-0.3, -0.25) is 9.48 Å². The molecule has 4 nitrogen and oxygen atoms in total. The van der Waals surface area contributed by atoms with E-state index < -0.39 is 0 Å². The van der Waals surface area contributed by atoms with Gasteiger partial charge in [0.25, 0.3) is 0 Å². The van der Waals surface area contributed by atoms with Crippen LogP contribution in [0.3, 0.4) is 0 Å². The topological polar surface area (TPSA) is 44.1 Å². The van der Waals surface area contributed by atoms with Crippen LogP contribution in [0.4, 0.5) is 0 Å². The third kappa shape index (κ3) is 3.70. The van der Waals surface area contributed by atoms with Gasteiger partial charge < -0.3 is 4.74 Å². The van der Waals surface area contributed by atoms with Crippen LogP contribution >= 0.6 is 0 Å². The van der Waals surface area contributed by atoms with E-state index in [1.165, 1.54) is 0 Å². The molecule has 0 amide bonds.